The van der Waals surface area contributed by atoms with Crippen molar-refractivity contribution in [2.24, 2.45) is 18.9 Å². The first-order chi connectivity index (χ1) is 33.2. The summed E-state index contributed by atoms with van der Waals surface area (Å²) in [5.41, 5.74) is 1.63. The van der Waals surface area contributed by atoms with Crippen molar-refractivity contribution in [2.45, 2.75) is 125 Å². The van der Waals surface area contributed by atoms with Crippen molar-refractivity contribution in [1.29, 1.82) is 0 Å². The fraction of sp³-hybridized carbons (Fsp3) is 0.538. The van der Waals surface area contributed by atoms with Gasteiger partial charge in [0, 0.05) is 73.8 Å². The van der Waals surface area contributed by atoms with Gasteiger partial charge in [0.25, 0.3) is 0 Å². The molecule has 2 saturated carbocycles. The second-order valence-electron chi connectivity index (χ2n) is 20.7. The summed E-state index contributed by atoms with van der Waals surface area (Å²) in [5.74, 6) is -2.34. The quantitative estimate of drug-likeness (QED) is 0.131. The van der Waals surface area contributed by atoms with E-state index in [2.05, 4.69) is 33.2 Å². The number of amides is 5. The van der Waals surface area contributed by atoms with E-state index in [9.17, 15) is 28.8 Å². The lowest BCUT2D eigenvalue weighted by Crippen LogP contribution is -2.60. The highest BCUT2D eigenvalue weighted by atomic mass is 35.5. The number of benzene rings is 3. The number of imidazole rings is 1. The lowest BCUT2D eigenvalue weighted by molar-refractivity contribution is -0.138. The zero-order valence-corrected chi connectivity index (χ0v) is 40.8. The fourth-order valence-corrected chi connectivity index (χ4v) is 13.6. The van der Waals surface area contributed by atoms with Crippen molar-refractivity contribution in [3.05, 3.63) is 97.6 Å². The van der Waals surface area contributed by atoms with Gasteiger partial charge in [-0.3, -0.25) is 43.7 Å². The normalized spacial score (nSPS) is 27.0. The molecule has 5 heterocycles. The third-order valence-corrected chi connectivity index (χ3v) is 17.2. The molecule has 14 nitrogen and oxygen atoms in total. The highest BCUT2D eigenvalue weighted by Gasteiger charge is 2.72. The standard InChI is InChI=1S/C52H61Cl2FN8O6/c1-60(24-19-30-9-16-39-41(27-30)61(2)50(69)63(39)40-17-18-42(64)58-46(40)65)29-31-20-25-62(26-21-31)48(67)32-10-13-34(14-11-32)56-47(66)45-43(35-7-6-8-37(54)44(35)55)52(51(59-45)22-4-3-5-23-51)36-15-12-33(53)28-38(36)57-49(52)68/h6-9,12,15-16,27-28,31-32,34,40,43,45,59H,3-5,10-11,13-14,17-26,29H2,1-2H3,(H,56,66)(H,57,68)(H,58,64,65)/t32?,34?,40?,43-,45+,52+/m0/s1. The number of carbonyl (C=O) groups excluding carboxylic acids is 5. The molecular formula is C52H61Cl2FN8O6. The summed E-state index contributed by atoms with van der Waals surface area (Å²) in [7, 11) is 3.83. The second-order valence-corrected chi connectivity index (χ2v) is 21.5. The van der Waals surface area contributed by atoms with Crippen LogP contribution in [-0.4, -0.2) is 99.3 Å². The highest BCUT2D eigenvalue weighted by Crippen LogP contribution is 2.63. The van der Waals surface area contributed by atoms with Crippen LogP contribution in [0.25, 0.3) is 11.0 Å². The minimum Gasteiger partial charge on any atom is -0.352 e. The Labute approximate surface area is 411 Å². The van der Waals surface area contributed by atoms with Crippen molar-refractivity contribution < 1.29 is 28.4 Å². The number of nitrogens with zero attached hydrogens (tertiary/aromatic N) is 4. The summed E-state index contributed by atoms with van der Waals surface area (Å²) in [6.45, 7) is 3.16. The van der Waals surface area contributed by atoms with E-state index in [0.717, 1.165) is 62.7 Å². The predicted octanol–water partition coefficient (Wildman–Crippen LogP) is 6.50. The van der Waals surface area contributed by atoms with Gasteiger partial charge >= 0.3 is 5.69 Å². The first-order valence-corrected chi connectivity index (χ1v) is 25.6. The number of imide groups is 1. The Hall–Kier alpha value is -5.09. The van der Waals surface area contributed by atoms with Crippen LogP contribution >= 0.6 is 23.2 Å². The maximum atomic E-state index is 16.4. The summed E-state index contributed by atoms with van der Waals surface area (Å²) < 4.78 is 19.4. The first kappa shape index (κ1) is 47.6. The average molecular weight is 984 g/mol. The van der Waals surface area contributed by atoms with Crippen LogP contribution in [0.3, 0.4) is 0 Å². The zero-order valence-electron chi connectivity index (χ0n) is 39.3. The van der Waals surface area contributed by atoms with E-state index in [1.54, 1.807) is 35.9 Å². The van der Waals surface area contributed by atoms with E-state index in [1.165, 1.54) is 10.6 Å². The molecule has 6 aliphatic rings. The largest absolute Gasteiger partial charge is 0.352 e. The molecule has 4 N–H and O–H groups in total. The van der Waals surface area contributed by atoms with E-state index < -0.39 is 40.7 Å². The van der Waals surface area contributed by atoms with Crippen LogP contribution in [0.4, 0.5) is 10.1 Å². The van der Waals surface area contributed by atoms with Crippen LogP contribution < -0.4 is 27.0 Å². The Kier molecular flexibility index (Phi) is 13.0. The molecule has 3 aromatic carbocycles. The number of rotatable bonds is 10. The van der Waals surface area contributed by atoms with Gasteiger partial charge in [0.2, 0.25) is 29.5 Å². The first-order valence-electron chi connectivity index (χ1n) is 24.8. The number of likely N-dealkylation sites (N-methyl/N-ethyl adjacent to an activating group) is 1. The number of nitrogens with one attached hydrogen (secondary N) is 4. The highest BCUT2D eigenvalue weighted by molar-refractivity contribution is 6.31. The van der Waals surface area contributed by atoms with Crippen molar-refractivity contribution in [1.82, 2.24) is 34.9 Å². The average Bonchev–Trinajstić information content (AvgIpc) is 3.89. The molecule has 2 aliphatic carbocycles. The van der Waals surface area contributed by atoms with Gasteiger partial charge in [0.15, 0.2) is 0 Å². The molecule has 0 radical (unpaired) electrons. The van der Waals surface area contributed by atoms with Gasteiger partial charge in [0.05, 0.1) is 22.1 Å². The summed E-state index contributed by atoms with van der Waals surface area (Å²) >= 11 is 12.9. The number of hydrogen-bond acceptors (Lipinski definition) is 8. The number of carbonyl (C=O) groups is 5. The van der Waals surface area contributed by atoms with E-state index in [1.807, 2.05) is 29.2 Å². The Bertz CT molecular complexity index is 2770. The molecule has 4 aliphatic heterocycles. The lowest BCUT2D eigenvalue weighted by Gasteiger charge is -2.47. The number of aromatic nitrogens is 2. The predicted molar refractivity (Wildman–Crippen MR) is 262 cm³/mol. The molecule has 3 saturated heterocycles. The number of halogens is 3. The molecule has 69 heavy (non-hydrogen) atoms. The van der Waals surface area contributed by atoms with Gasteiger partial charge in [-0.1, -0.05) is 66.7 Å². The monoisotopic (exact) mass is 982 g/mol. The second kappa shape index (κ2) is 18.9. The molecule has 4 aromatic rings. The van der Waals surface area contributed by atoms with Crippen molar-refractivity contribution in [3.8, 4) is 0 Å². The topological polar surface area (TPSA) is 167 Å². The smallest absolute Gasteiger partial charge is 0.329 e. The molecule has 366 valence electrons. The Morgan fingerprint density at radius 2 is 1.64 bits per heavy atom. The molecule has 1 aromatic heterocycles. The van der Waals surface area contributed by atoms with Gasteiger partial charge < -0.3 is 20.4 Å². The lowest BCUT2D eigenvalue weighted by atomic mass is 9.55. The van der Waals surface area contributed by atoms with E-state index in [4.69, 9.17) is 23.2 Å². The van der Waals surface area contributed by atoms with Crippen molar-refractivity contribution in [2.75, 3.05) is 38.5 Å². The summed E-state index contributed by atoms with van der Waals surface area (Å²) in [6, 6.07) is 14.2. The maximum absolute atomic E-state index is 16.4. The van der Waals surface area contributed by atoms with E-state index in [0.29, 0.717) is 85.7 Å². The number of anilines is 1. The third kappa shape index (κ3) is 8.38. The van der Waals surface area contributed by atoms with Crippen LogP contribution in [0.5, 0.6) is 0 Å². The summed E-state index contributed by atoms with van der Waals surface area (Å²) in [6.07, 6.45) is 9.70. The van der Waals surface area contributed by atoms with Crippen LogP contribution in [-0.2, 0) is 42.9 Å². The molecule has 0 bridgehead atoms. The van der Waals surface area contributed by atoms with Crippen LogP contribution in [0.2, 0.25) is 10.0 Å². The van der Waals surface area contributed by atoms with Crippen molar-refractivity contribution >= 4 is 69.5 Å². The summed E-state index contributed by atoms with van der Waals surface area (Å²) in [5, 5.41) is 12.9. The van der Waals surface area contributed by atoms with Gasteiger partial charge in [-0.05, 0) is 124 Å². The van der Waals surface area contributed by atoms with Crippen molar-refractivity contribution in [3.63, 3.8) is 0 Å². The van der Waals surface area contributed by atoms with Gasteiger partial charge in [-0.2, -0.15) is 0 Å². The van der Waals surface area contributed by atoms with Crippen LogP contribution in [0.15, 0.2) is 59.4 Å². The summed E-state index contributed by atoms with van der Waals surface area (Å²) in [4.78, 5) is 85.3. The number of piperidine rings is 2. The van der Waals surface area contributed by atoms with Gasteiger partial charge in [-0.15, -0.1) is 0 Å². The molecule has 5 fully saturated rings. The molecule has 2 spiro atoms. The van der Waals surface area contributed by atoms with Crippen LogP contribution in [0, 0.1) is 17.7 Å². The van der Waals surface area contributed by atoms with E-state index in [-0.39, 0.29) is 58.3 Å². The number of aryl methyl sites for hydroxylation is 1. The molecule has 17 heteroatoms. The maximum Gasteiger partial charge on any atom is 0.329 e. The minimum absolute atomic E-state index is 0.0679. The Balaban J connectivity index is 0.739. The molecule has 4 atom stereocenters. The molecule has 5 amide bonds. The van der Waals surface area contributed by atoms with Gasteiger partial charge in [0.1, 0.15) is 17.3 Å². The number of hydrogen-bond donors (Lipinski definition) is 4. The third-order valence-electron chi connectivity index (χ3n) is 16.7. The molecular weight excluding hydrogens is 923 g/mol. The zero-order chi connectivity index (χ0) is 48.4. The molecule has 1 unspecified atom stereocenters. The number of fused-ring (bicyclic) bond motifs is 4. The Morgan fingerprint density at radius 1 is 0.884 bits per heavy atom. The number of likely N-dealkylation sites (tertiary alicyclic amines) is 1. The molecule has 10 rings (SSSR count). The Morgan fingerprint density at radius 3 is 2.38 bits per heavy atom. The minimum atomic E-state index is -1.30. The fourth-order valence-electron chi connectivity index (χ4n) is 13.2. The van der Waals surface area contributed by atoms with Crippen LogP contribution in [0.1, 0.15) is 112 Å². The SMILES string of the molecule is CN(CCc1ccc2c(c1)n(C)c(=O)n2C1CCC(=O)NC1=O)CC1CCN(C(=O)C2CCC(NC(=O)[C@@H]3NC4(CCCCC4)[C@@]4(C(=O)Nc5cc(Cl)ccc54)[C@H]3c3cccc(Cl)c3F)CC2)CC1. The van der Waals surface area contributed by atoms with Gasteiger partial charge in [-0.25, -0.2) is 9.18 Å². The van der Waals surface area contributed by atoms with E-state index >= 15 is 4.39 Å².